The third kappa shape index (κ3) is 4.60. The number of aromatic nitrogens is 2. The molecule has 2 N–H and O–H groups in total. The smallest absolute Gasteiger partial charge is 0.146 e. The molecule has 1 atom stereocenters. The Kier molecular flexibility index (Phi) is 6.25. The summed E-state index contributed by atoms with van der Waals surface area (Å²) in [6.45, 7) is 2.95. The first kappa shape index (κ1) is 19.9. The standard InChI is InChI=1S/C24H25N3O3/c1-17-23(16-29-19-7-4-12-27-15-19)30-22-10-2-9-21(24(17)22)28-13-5-8-20(25)18-6-3-11-26-14-18/h2-4,6-7,9-12,14-15,20H,5,8,13,16,25H2,1H3. The van der Waals surface area contributed by atoms with Crippen LogP contribution in [0.2, 0.25) is 0 Å². The second kappa shape index (κ2) is 9.41. The molecule has 0 amide bonds. The highest BCUT2D eigenvalue weighted by Gasteiger charge is 2.15. The zero-order valence-electron chi connectivity index (χ0n) is 17.0. The van der Waals surface area contributed by atoms with Crippen molar-refractivity contribution in [3.05, 3.63) is 84.1 Å². The van der Waals surface area contributed by atoms with E-state index in [2.05, 4.69) is 9.97 Å². The lowest BCUT2D eigenvalue weighted by Crippen LogP contribution is -2.12. The fourth-order valence-corrected chi connectivity index (χ4v) is 3.40. The van der Waals surface area contributed by atoms with E-state index in [0.29, 0.717) is 19.0 Å². The molecule has 0 spiro atoms. The number of furan rings is 1. The van der Waals surface area contributed by atoms with Crippen LogP contribution in [0, 0.1) is 6.92 Å². The molecule has 0 aliphatic rings. The van der Waals surface area contributed by atoms with Gasteiger partial charge >= 0.3 is 0 Å². The molecule has 154 valence electrons. The number of nitrogens with two attached hydrogens (primary N) is 1. The van der Waals surface area contributed by atoms with Gasteiger partial charge in [-0.2, -0.15) is 0 Å². The number of nitrogens with zero attached hydrogens (tertiary/aromatic N) is 2. The predicted octanol–water partition coefficient (Wildman–Crippen LogP) is 4.97. The molecule has 6 heteroatoms. The minimum atomic E-state index is -0.0371. The Bertz CT molecular complexity index is 1080. The summed E-state index contributed by atoms with van der Waals surface area (Å²) in [6, 6.07) is 13.4. The molecule has 6 nitrogen and oxygen atoms in total. The van der Waals surface area contributed by atoms with Crippen LogP contribution in [-0.2, 0) is 6.61 Å². The van der Waals surface area contributed by atoms with Gasteiger partial charge in [0.1, 0.15) is 29.4 Å². The summed E-state index contributed by atoms with van der Waals surface area (Å²) < 4.78 is 17.9. The van der Waals surface area contributed by atoms with Crippen molar-refractivity contribution in [1.29, 1.82) is 0 Å². The Labute approximate surface area is 175 Å². The number of aryl methyl sites for hydroxylation is 1. The molecule has 0 radical (unpaired) electrons. The number of fused-ring (bicyclic) bond motifs is 1. The van der Waals surface area contributed by atoms with Gasteiger partial charge in [0.05, 0.1) is 18.2 Å². The number of hydrogen-bond donors (Lipinski definition) is 1. The minimum absolute atomic E-state index is 0.0371. The molecule has 3 heterocycles. The van der Waals surface area contributed by atoms with Crippen LogP contribution in [0.15, 0.2) is 71.7 Å². The molecule has 0 fully saturated rings. The van der Waals surface area contributed by atoms with E-state index >= 15 is 0 Å². The SMILES string of the molecule is Cc1c(COc2cccnc2)oc2cccc(OCCCC(N)c3cccnc3)c12. The molecule has 0 aliphatic carbocycles. The summed E-state index contributed by atoms with van der Waals surface area (Å²) in [4.78, 5) is 8.19. The quantitative estimate of drug-likeness (QED) is 0.397. The van der Waals surface area contributed by atoms with Crippen LogP contribution in [-0.4, -0.2) is 16.6 Å². The molecule has 4 aromatic rings. The van der Waals surface area contributed by atoms with Crippen LogP contribution in [0.1, 0.15) is 35.8 Å². The largest absolute Gasteiger partial charge is 0.493 e. The van der Waals surface area contributed by atoms with E-state index < -0.39 is 0 Å². The molecule has 30 heavy (non-hydrogen) atoms. The van der Waals surface area contributed by atoms with Gasteiger partial charge in [-0.1, -0.05) is 12.1 Å². The van der Waals surface area contributed by atoms with Gasteiger partial charge in [0.25, 0.3) is 0 Å². The summed E-state index contributed by atoms with van der Waals surface area (Å²) >= 11 is 0. The van der Waals surface area contributed by atoms with E-state index in [1.807, 2.05) is 55.6 Å². The molecule has 3 aromatic heterocycles. The molecule has 0 saturated carbocycles. The van der Waals surface area contributed by atoms with E-state index in [1.54, 1.807) is 18.6 Å². The first-order valence-electron chi connectivity index (χ1n) is 10.0. The molecule has 4 rings (SSSR count). The van der Waals surface area contributed by atoms with Crippen molar-refractivity contribution in [3.8, 4) is 11.5 Å². The van der Waals surface area contributed by atoms with Crippen LogP contribution in [0.25, 0.3) is 11.0 Å². The van der Waals surface area contributed by atoms with Crippen molar-refractivity contribution in [2.24, 2.45) is 5.73 Å². The van der Waals surface area contributed by atoms with Crippen molar-refractivity contribution in [3.63, 3.8) is 0 Å². The zero-order chi connectivity index (χ0) is 20.8. The third-order valence-corrected chi connectivity index (χ3v) is 5.05. The fourth-order valence-electron chi connectivity index (χ4n) is 3.40. The fraction of sp³-hybridized carbons (Fsp3) is 0.250. The highest BCUT2D eigenvalue weighted by molar-refractivity contribution is 5.88. The van der Waals surface area contributed by atoms with Gasteiger partial charge in [0, 0.05) is 30.2 Å². The molecule has 1 unspecified atom stereocenters. The van der Waals surface area contributed by atoms with Gasteiger partial charge in [-0.25, -0.2) is 0 Å². The maximum absolute atomic E-state index is 6.24. The number of pyridine rings is 2. The van der Waals surface area contributed by atoms with E-state index in [-0.39, 0.29) is 6.04 Å². The molecule has 0 bridgehead atoms. The summed E-state index contributed by atoms with van der Waals surface area (Å²) in [7, 11) is 0. The number of ether oxygens (including phenoxy) is 2. The second-order valence-electron chi connectivity index (χ2n) is 7.14. The lowest BCUT2D eigenvalue weighted by molar-refractivity contribution is 0.272. The van der Waals surface area contributed by atoms with Crippen molar-refractivity contribution < 1.29 is 13.9 Å². The van der Waals surface area contributed by atoms with Crippen molar-refractivity contribution >= 4 is 11.0 Å². The Morgan fingerprint density at radius 1 is 1.00 bits per heavy atom. The number of benzene rings is 1. The summed E-state index contributed by atoms with van der Waals surface area (Å²) in [5, 5.41) is 0.985. The van der Waals surface area contributed by atoms with Crippen LogP contribution >= 0.6 is 0 Å². The van der Waals surface area contributed by atoms with Crippen molar-refractivity contribution in [2.45, 2.75) is 32.4 Å². The van der Waals surface area contributed by atoms with Gasteiger partial charge in [-0.05, 0) is 55.7 Å². The minimum Gasteiger partial charge on any atom is -0.493 e. The van der Waals surface area contributed by atoms with E-state index in [0.717, 1.165) is 46.4 Å². The molecular formula is C24H25N3O3. The Morgan fingerprint density at radius 3 is 2.60 bits per heavy atom. The second-order valence-corrected chi connectivity index (χ2v) is 7.14. The first-order chi connectivity index (χ1) is 14.7. The lowest BCUT2D eigenvalue weighted by Gasteiger charge is -2.12. The van der Waals surface area contributed by atoms with Crippen molar-refractivity contribution in [2.75, 3.05) is 6.61 Å². The third-order valence-electron chi connectivity index (χ3n) is 5.05. The summed E-state index contributed by atoms with van der Waals surface area (Å²) in [5.74, 6) is 2.30. The molecule has 0 saturated heterocycles. The van der Waals surface area contributed by atoms with Gasteiger partial charge in [-0.3, -0.25) is 9.97 Å². The average molecular weight is 403 g/mol. The average Bonchev–Trinajstić information content (AvgIpc) is 3.12. The molecular weight excluding hydrogens is 378 g/mol. The first-order valence-corrected chi connectivity index (χ1v) is 10.0. The summed E-state index contributed by atoms with van der Waals surface area (Å²) in [5.41, 5.74) is 9.11. The van der Waals surface area contributed by atoms with Crippen LogP contribution in [0.5, 0.6) is 11.5 Å². The zero-order valence-corrected chi connectivity index (χ0v) is 17.0. The van der Waals surface area contributed by atoms with Crippen molar-refractivity contribution in [1.82, 2.24) is 9.97 Å². The van der Waals surface area contributed by atoms with Crippen LogP contribution in [0.4, 0.5) is 0 Å². The normalized spacial score (nSPS) is 12.1. The summed E-state index contributed by atoms with van der Waals surface area (Å²) in [6.07, 6.45) is 8.64. The Hall–Kier alpha value is -3.38. The monoisotopic (exact) mass is 403 g/mol. The highest BCUT2D eigenvalue weighted by atomic mass is 16.5. The number of hydrogen-bond acceptors (Lipinski definition) is 6. The van der Waals surface area contributed by atoms with Crippen LogP contribution < -0.4 is 15.2 Å². The molecule has 0 aliphatic heterocycles. The van der Waals surface area contributed by atoms with Gasteiger partial charge < -0.3 is 19.6 Å². The lowest BCUT2D eigenvalue weighted by atomic mass is 10.1. The maximum Gasteiger partial charge on any atom is 0.146 e. The number of rotatable bonds is 9. The van der Waals surface area contributed by atoms with Crippen LogP contribution in [0.3, 0.4) is 0 Å². The highest BCUT2D eigenvalue weighted by Crippen LogP contribution is 2.34. The van der Waals surface area contributed by atoms with E-state index in [4.69, 9.17) is 19.6 Å². The van der Waals surface area contributed by atoms with E-state index in [9.17, 15) is 0 Å². The van der Waals surface area contributed by atoms with Gasteiger partial charge in [0.2, 0.25) is 0 Å². The Balaban J connectivity index is 1.38. The topological polar surface area (TPSA) is 83.4 Å². The Morgan fingerprint density at radius 2 is 1.83 bits per heavy atom. The van der Waals surface area contributed by atoms with Gasteiger partial charge in [-0.15, -0.1) is 0 Å². The van der Waals surface area contributed by atoms with Gasteiger partial charge in [0.15, 0.2) is 0 Å². The van der Waals surface area contributed by atoms with E-state index in [1.165, 1.54) is 0 Å². The maximum atomic E-state index is 6.24. The predicted molar refractivity (Wildman–Crippen MR) is 115 cm³/mol. The molecule has 1 aromatic carbocycles.